The number of ether oxygens (including phenoxy) is 3. The molecule has 0 saturated heterocycles. The first-order chi connectivity index (χ1) is 16.5. The van der Waals surface area contributed by atoms with Crippen LogP contribution < -0.4 is 0 Å². The fourth-order valence-electron chi connectivity index (χ4n) is 3.54. The lowest BCUT2D eigenvalue weighted by Gasteiger charge is -2.16. The van der Waals surface area contributed by atoms with E-state index in [0.29, 0.717) is 32.3 Å². The second-order valence-electron chi connectivity index (χ2n) is 8.79. The molecule has 0 aliphatic heterocycles. The van der Waals surface area contributed by atoms with Crippen molar-refractivity contribution in [3.8, 4) is 0 Å². The van der Waals surface area contributed by atoms with Crippen LogP contribution in [0.3, 0.4) is 0 Å². The van der Waals surface area contributed by atoms with Gasteiger partial charge in [-0.3, -0.25) is 14.4 Å². The molecule has 1 unspecified atom stereocenters. The minimum Gasteiger partial charge on any atom is -0.481 e. The van der Waals surface area contributed by atoms with E-state index in [1.165, 1.54) is 19.3 Å². The maximum Gasteiger partial charge on any atom is 0.306 e. The Morgan fingerprint density at radius 1 is 0.765 bits per heavy atom. The van der Waals surface area contributed by atoms with Gasteiger partial charge in [0, 0.05) is 39.4 Å². The van der Waals surface area contributed by atoms with Crippen molar-refractivity contribution in [1.82, 2.24) is 0 Å². The number of carboxylic acid groups (broad SMARTS) is 1. The Balaban J connectivity index is 3.88. The van der Waals surface area contributed by atoms with Crippen LogP contribution >= 0.6 is 0 Å². The molecule has 1 N–H and O–H groups in total. The first-order valence-corrected chi connectivity index (χ1v) is 13.2. The fourth-order valence-corrected chi connectivity index (χ4v) is 3.54. The molecular formula is C27H48O7. The van der Waals surface area contributed by atoms with Gasteiger partial charge < -0.3 is 19.3 Å². The minimum atomic E-state index is -0.870. The van der Waals surface area contributed by atoms with Crippen LogP contribution in [-0.4, -0.2) is 49.4 Å². The molecule has 0 radical (unpaired) electrons. The van der Waals surface area contributed by atoms with Crippen molar-refractivity contribution < 1.29 is 33.7 Å². The van der Waals surface area contributed by atoms with E-state index in [1.807, 2.05) is 0 Å². The molecule has 7 heteroatoms. The summed E-state index contributed by atoms with van der Waals surface area (Å²) < 4.78 is 15.7. The maximum atomic E-state index is 12.1. The van der Waals surface area contributed by atoms with E-state index in [0.717, 1.165) is 57.8 Å². The number of carboxylic acids is 1. The summed E-state index contributed by atoms with van der Waals surface area (Å²) in [5.41, 5.74) is 0. The van der Waals surface area contributed by atoms with E-state index in [9.17, 15) is 14.4 Å². The molecule has 198 valence electrons. The molecule has 0 heterocycles. The number of allylic oxidation sites excluding steroid dienone is 1. The number of aliphatic carboxylic acids is 1. The number of hydrogen-bond acceptors (Lipinski definition) is 6. The minimum absolute atomic E-state index is 0.0291. The Hall–Kier alpha value is -1.89. The normalized spacial score (nSPS) is 12.1. The van der Waals surface area contributed by atoms with E-state index in [4.69, 9.17) is 19.3 Å². The van der Waals surface area contributed by atoms with E-state index in [2.05, 4.69) is 19.1 Å². The highest BCUT2D eigenvalue weighted by molar-refractivity contribution is 5.70. The van der Waals surface area contributed by atoms with Gasteiger partial charge >= 0.3 is 17.9 Å². The molecule has 1 atom stereocenters. The van der Waals surface area contributed by atoms with Crippen molar-refractivity contribution in [3.05, 3.63) is 12.2 Å². The molecule has 0 aliphatic rings. The zero-order chi connectivity index (χ0) is 25.3. The average Bonchev–Trinajstić information content (AvgIpc) is 2.80. The van der Waals surface area contributed by atoms with Gasteiger partial charge in [0.2, 0.25) is 0 Å². The smallest absolute Gasteiger partial charge is 0.306 e. The van der Waals surface area contributed by atoms with Gasteiger partial charge in [-0.15, -0.1) is 0 Å². The van der Waals surface area contributed by atoms with Crippen molar-refractivity contribution >= 4 is 17.9 Å². The van der Waals surface area contributed by atoms with E-state index in [1.54, 1.807) is 7.11 Å². The van der Waals surface area contributed by atoms with E-state index < -0.39 is 5.97 Å². The topological polar surface area (TPSA) is 99.1 Å². The standard InChI is InChI=1S/C27H48O7/c1-3-4-5-12-17-24(34-27(31)21-16-22-32-2)18-13-10-8-6-7-9-11-14-20-26(30)33-23-15-19-25(28)29/h10,13,24H,3-9,11-12,14-23H2,1-2H3,(H,28,29)/b13-10+. The van der Waals surface area contributed by atoms with Gasteiger partial charge in [-0.2, -0.15) is 0 Å². The number of carbonyl (C=O) groups excluding carboxylic acids is 2. The van der Waals surface area contributed by atoms with Gasteiger partial charge in [0.25, 0.3) is 0 Å². The predicted octanol–water partition coefficient (Wildman–Crippen LogP) is 6.38. The summed E-state index contributed by atoms with van der Waals surface area (Å²) in [7, 11) is 1.64. The van der Waals surface area contributed by atoms with Crippen molar-refractivity contribution in [1.29, 1.82) is 0 Å². The summed E-state index contributed by atoms with van der Waals surface area (Å²) >= 11 is 0. The van der Waals surface area contributed by atoms with Crippen molar-refractivity contribution in [2.45, 2.75) is 122 Å². The Kier molecular flexibility index (Phi) is 22.9. The van der Waals surface area contributed by atoms with Gasteiger partial charge in [-0.05, 0) is 44.9 Å². The Morgan fingerprint density at radius 3 is 2.18 bits per heavy atom. The zero-order valence-electron chi connectivity index (χ0n) is 21.6. The lowest BCUT2D eigenvalue weighted by molar-refractivity contribution is -0.149. The van der Waals surface area contributed by atoms with E-state index in [-0.39, 0.29) is 31.1 Å². The monoisotopic (exact) mass is 484 g/mol. The number of esters is 2. The third-order valence-corrected chi connectivity index (χ3v) is 5.52. The molecular weight excluding hydrogens is 436 g/mol. The van der Waals surface area contributed by atoms with Crippen molar-refractivity contribution in [2.75, 3.05) is 20.3 Å². The third-order valence-electron chi connectivity index (χ3n) is 5.52. The van der Waals surface area contributed by atoms with E-state index >= 15 is 0 Å². The van der Waals surface area contributed by atoms with Gasteiger partial charge in [0.15, 0.2) is 0 Å². The molecule has 0 saturated carbocycles. The SMILES string of the molecule is CCCCCCC(C/C=C/CCCCCCCC(=O)OCCCC(=O)O)OC(=O)CCCOC. The molecule has 0 rings (SSSR count). The Labute approximate surface area is 206 Å². The molecule has 0 bridgehead atoms. The predicted molar refractivity (Wildman–Crippen MR) is 134 cm³/mol. The number of methoxy groups -OCH3 is 1. The Morgan fingerprint density at radius 2 is 1.44 bits per heavy atom. The number of rotatable bonds is 24. The summed E-state index contributed by atoms with van der Waals surface area (Å²) in [6.45, 7) is 2.95. The Bertz CT molecular complexity index is 545. The summed E-state index contributed by atoms with van der Waals surface area (Å²) in [4.78, 5) is 34.0. The second-order valence-corrected chi connectivity index (χ2v) is 8.79. The first-order valence-electron chi connectivity index (χ1n) is 13.2. The molecule has 0 fully saturated rings. The largest absolute Gasteiger partial charge is 0.481 e. The molecule has 0 amide bonds. The molecule has 34 heavy (non-hydrogen) atoms. The van der Waals surface area contributed by atoms with Crippen LogP contribution in [0.1, 0.15) is 116 Å². The van der Waals surface area contributed by atoms with Crippen LogP contribution in [0.2, 0.25) is 0 Å². The fraction of sp³-hybridized carbons (Fsp3) is 0.815. The lowest BCUT2D eigenvalue weighted by Crippen LogP contribution is -2.18. The van der Waals surface area contributed by atoms with Gasteiger partial charge in [0.1, 0.15) is 6.10 Å². The number of carbonyl (C=O) groups is 3. The molecule has 0 aliphatic carbocycles. The van der Waals surface area contributed by atoms with Crippen molar-refractivity contribution in [2.24, 2.45) is 0 Å². The summed E-state index contributed by atoms with van der Waals surface area (Å²) in [5, 5.41) is 8.54. The zero-order valence-corrected chi connectivity index (χ0v) is 21.6. The van der Waals surface area contributed by atoms with Crippen LogP contribution in [-0.2, 0) is 28.6 Å². The first kappa shape index (κ1) is 32.1. The average molecular weight is 485 g/mol. The molecule has 7 nitrogen and oxygen atoms in total. The molecule has 0 aromatic carbocycles. The highest BCUT2D eigenvalue weighted by Gasteiger charge is 2.13. The van der Waals surface area contributed by atoms with Crippen LogP contribution in [0.4, 0.5) is 0 Å². The number of unbranched alkanes of at least 4 members (excludes halogenated alkanes) is 8. The molecule has 0 aromatic heterocycles. The second kappa shape index (κ2) is 24.2. The number of hydrogen-bond donors (Lipinski definition) is 1. The molecule has 0 spiro atoms. The van der Waals surface area contributed by atoms with Crippen LogP contribution in [0.25, 0.3) is 0 Å². The molecule has 0 aromatic rings. The van der Waals surface area contributed by atoms with Crippen LogP contribution in [0.15, 0.2) is 12.2 Å². The van der Waals surface area contributed by atoms with Gasteiger partial charge in [-0.1, -0.05) is 57.6 Å². The summed E-state index contributed by atoms with van der Waals surface area (Å²) in [5.74, 6) is -1.24. The maximum absolute atomic E-state index is 12.1. The van der Waals surface area contributed by atoms with Crippen LogP contribution in [0, 0.1) is 0 Å². The van der Waals surface area contributed by atoms with Gasteiger partial charge in [-0.25, -0.2) is 0 Å². The lowest BCUT2D eigenvalue weighted by atomic mass is 10.1. The quantitative estimate of drug-likeness (QED) is 0.0964. The van der Waals surface area contributed by atoms with Crippen LogP contribution in [0.5, 0.6) is 0 Å². The highest BCUT2D eigenvalue weighted by Crippen LogP contribution is 2.14. The van der Waals surface area contributed by atoms with Crippen molar-refractivity contribution in [3.63, 3.8) is 0 Å². The summed E-state index contributed by atoms with van der Waals surface area (Å²) in [6, 6.07) is 0. The third kappa shape index (κ3) is 23.3. The summed E-state index contributed by atoms with van der Waals surface area (Å²) in [6.07, 6.45) is 18.7. The van der Waals surface area contributed by atoms with Gasteiger partial charge in [0.05, 0.1) is 6.61 Å². The highest BCUT2D eigenvalue weighted by atomic mass is 16.5.